The van der Waals surface area contributed by atoms with E-state index in [-0.39, 0.29) is 21.9 Å². The zero-order chi connectivity index (χ0) is 20.7. The summed E-state index contributed by atoms with van der Waals surface area (Å²) in [6, 6.07) is 11.4. The number of carbonyl (C=O) groups is 1. The summed E-state index contributed by atoms with van der Waals surface area (Å²) < 4.78 is 39.5. The summed E-state index contributed by atoms with van der Waals surface area (Å²) >= 11 is 5.07. The van der Waals surface area contributed by atoms with E-state index >= 15 is 0 Å². The third-order valence-electron chi connectivity index (χ3n) is 3.35. The second-order valence-corrected chi connectivity index (χ2v) is 8.25. The molecule has 6 nitrogen and oxygen atoms in total. The van der Waals surface area contributed by atoms with Crippen molar-refractivity contribution in [3.63, 3.8) is 0 Å². The molecule has 0 aromatic heterocycles. The molecule has 0 heterocycles. The van der Waals surface area contributed by atoms with Crippen molar-refractivity contribution in [2.75, 3.05) is 5.32 Å². The van der Waals surface area contributed by atoms with Gasteiger partial charge in [-0.2, -0.15) is 0 Å². The average molecular weight is 422 g/mol. The number of rotatable bonds is 6. The molecule has 28 heavy (non-hydrogen) atoms. The Labute approximate surface area is 168 Å². The highest BCUT2D eigenvalue weighted by molar-refractivity contribution is 7.89. The minimum absolute atomic E-state index is 0.0599. The van der Waals surface area contributed by atoms with E-state index in [1.807, 2.05) is 0 Å². The lowest BCUT2D eigenvalue weighted by molar-refractivity contribution is -0.115. The van der Waals surface area contributed by atoms with E-state index in [2.05, 4.69) is 15.4 Å². The molecule has 0 aliphatic rings. The van der Waals surface area contributed by atoms with Crippen molar-refractivity contribution < 1.29 is 17.6 Å². The van der Waals surface area contributed by atoms with Gasteiger partial charge in [-0.05, 0) is 74.1 Å². The monoisotopic (exact) mass is 421 g/mol. The average Bonchev–Trinajstić information content (AvgIpc) is 2.60. The van der Waals surface area contributed by atoms with E-state index in [1.54, 1.807) is 38.1 Å². The van der Waals surface area contributed by atoms with Crippen molar-refractivity contribution in [2.24, 2.45) is 0 Å². The molecule has 2 rings (SSSR count). The highest BCUT2D eigenvalue weighted by Crippen LogP contribution is 2.14. The molecule has 1 amide bonds. The lowest BCUT2D eigenvalue weighted by atomic mass is 10.2. The van der Waals surface area contributed by atoms with Gasteiger partial charge in [0.15, 0.2) is 5.11 Å². The predicted molar refractivity (Wildman–Crippen MR) is 112 cm³/mol. The van der Waals surface area contributed by atoms with Crippen LogP contribution in [0.1, 0.15) is 19.4 Å². The minimum atomic E-state index is -3.57. The Morgan fingerprint density at radius 1 is 1.07 bits per heavy atom. The van der Waals surface area contributed by atoms with Gasteiger partial charge in [0.25, 0.3) is 0 Å². The number of thiocarbonyl (C=S) groups is 1. The lowest BCUT2D eigenvalue weighted by Crippen LogP contribution is -2.33. The van der Waals surface area contributed by atoms with E-state index in [1.165, 1.54) is 36.4 Å². The second kappa shape index (κ2) is 9.54. The molecule has 0 fully saturated rings. The highest BCUT2D eigenvalue weighted by Gasteiger charge is 2.15. The number of amides is 1. The van der Waals surface area contributed by atoms with Crippen LogP contribution in [0.3, 0.4) is 0 Å². The van der Waals surface area contributed by atoms with Crippen molar-refractivity contribution in [3.8, 4) is 0 Å². The Hall–Kier alpha value is -2.62. The molecule has 0 saturated carbocycles. The van der Waals surface area contributed by atoms with Crippen LogP contribution in [0.15, 0.2) is 59.5 Å². The molecule has 0 atom stereocenters. The summed E-state index contributed by atoms with van der Waals surface area (Å²) in [6.07, 6.45) is 2.80. The maximum Gasteiger partial charge on any atom is 0.250 e. The SMILES string of the molecule is CC(C)NS(=O)(=O)c1ccc(NC(=S)NC(=O)/C=C/c2ccc(F)cc2)cc1. The Balaban J connectivity index is 1.92. The van der Waals surface area contributed by atoms with Crippen LogP contribution < -0.4 is 15.4 Å². The molecule has 0 aliphatic carbocycles. The Kier molecular flexibility index (Phi) is 7.38. The standard InChI is InChI=1S/C19H20FN3O3S2/c1-13(2)23-28(25,26)17-10-8-16(9-11-17)21-19(27)22-18(24)12-5-14-3-6-15(20)7-4-14/h3-13,23H,1-2H3,(H2,21,22,24,27)/b12-5+. The molecule has 2 aromatic rings. The summed E-state index contributed by atoms with van der Waals surface area (Å²) in [5.74, 6) is -0.812. The Bertz CT molecular complexity index is 970. The first kappa shape index (κ1) is 21.7. The molecule has 148 valence electrons. The molecule has 2 aromatic carbocycles. The van der Waals surface area contributed by atoms with Crippen LogP contribution in [-0.2, 0) is 14.8 Å². The number of carbonyl (C=O) groups excluding carboxylic acids is 1. The lowest BCUT2D eigenvalue weighted by Gasteiger charge is -2.11. The summed E-state index contributed by atoms with van der Waals surface area (Å²) in [4.78, 5) is 12.0. The van der Waals surface area contributed by atoms with Crippen molar-refractivity contribution >= 4 is 45.0 Å². The van der Waals surface area contributed by atoms with Crippen LogP contribution >= 0.6 is 12.2 Å². The maximum absolute atomic E-state index is 12.8. The van der Waals surface area contributed by atoms with E-state index in [9.17, 15) is 17.6 Å². The molecule has 0 bridgehead atoms. The number of hydrogen-bond donors (Lipinski definition) is 3. The van der Waals surface area contributed by atoms with Crippen molar-refractivity contribution in [2.45, 2.75) is 24.8 Å². The molecular formula is C19H20FN3O3S2. The van der Waals surface area contributed by atoms with Gasteiger partial charge in [0, 0.05) is 17.8 Å². The molecule has 0 saturated heterocycles. The maximum atomic E-state index is 12.8. The van der Waals surface area contributed by atoms with Crippen LogP contribution in [0.2, 0.25) is 0 Å². The van der Waals surface area contributed by atoms with Gasteiger partial charge in [0.2, 0.25) is 15.9 Å². The van der Waals surface area contributed by atoms with Crippen LogP contribution in [-0.4, -0.2) is 25.5 Å². The summed E-state index contributed by atoms with van der Waals surface area (Å²) in [7, 11) is -3.57. The number of benzene rings is 2. The van der Waals surface area contributed by atoms with Gasteiger partial charge in [0.05, 0.1) is 4.90 Å². The Morgan fingerprint density at radius 2 is 1.68 bits per heavy atom. The number of sulfonamides is 1. The fraction of sp³-hybridized carbons (Fsp3) is 0.158. The third-order valence-corrected chi connectivity index (χ3v) is 5.23. The van der Waals surface area contributed by atoms with Crippen molar-refractivity contribution in [1.29, 1.82) is 0 Å². The fourth-order valence-electron chi connectivity index (χ4n) is 2.16. The third kappa shape index (κ3) is 6.84. The number of anilines is 1. The largest absolute Gasteiger partial charge is 0.332 e. The van der Waals surface area contributed by atoms with Crippen molar-refractivity contribution in [1.82, 2.24) is 10.0 Å². The van der Waals surface area contributed by atoms with Gasteiger partial charge in [-0.25, -0.2) is 17.5 Å². The summed E-state index contributed by atoms with van der Waals surface area (Å²) in [6.45, 7) is 3.47. The molecule has 0 spiro atoms. The Morgan fingerprint density at radius 3 is 2.25 bits per heavy atom. The summed E-state index contributed by atoms with van der Waals surface area (Å²) in [5.41, 5.74) is 1.19. The van der Waals surface area contributed by atoms with Gasteiger partial charge in [-0.3, -0.25) is 10.1 Å². The van der Waals surface area contributed by atoms with Crippen LogP contribution in [0, 0.1) is 5.82 Å². The molecule has 3 N–H and O–H groups in total. The molecular weight excluding hydrogens is 401 g/mol. The minimum Gasteiger partial charge on any atom is -0.332 e. The zero-order valence-electron chi connectivity index (χ0n) is 15.3. The van der Waals surface area contributed by atoms with Crippen LogP contribution in [0.5, 0.6) is 0 Å². The van der Waals surface area contributed by atoms with Gasteiger partial charge < -0.3 is 5.32 Å². The summed E-state index contributed by atoms with van der Waals surface area (Å²) in [5, 5.41) is 5.33. The van der Waals surface area contributed by atoms with Crippen molar-refractivity contribution in [3.05, 3.63) is 66.0 Å². The molecule has 0 radical (unpaired) electrons. The quantitative estimate of drug-likeness (QED) is 0.493. The van der Waals surface area contributed by atoms with E-state index in [0.29, 0.717) is 11.3 Å². The first-order valence-electron chi connectivity index (χ1n) is 8.34. The fourth-order valence-corrected chi connectivity index (χ4v) is 3.63. The second-order valence-electron chi connectivity index (χ2n) is 6.13. The van der Waals surface area contributed by atoms with Crippen LogP contribution in [0.4, 0.5) is 10.1 Å². The first-order chi connectivity index (χ1) is 13.2. The zero-order valence-corrected chi connectivity index (χ0v) is 16.9. The molecule has 9 heteroatoms. The molecule has 0 aliphatic heterocycles. The van der Waals surface area contributed by atoms with Crippen LogP contribution in [0.25, 0.3) is 6.08 Å². The smallest absolute Gasteiger partial charge is 0.250 e. The highest BCUT2D eigenvalue weighted by atomic mass is 32.2. The normalized spacial score (nSPS) is 11.6. The van der Waals surface area contributed by atoms with Gasteiger partial charge in [0.1, 0.15) is 5.82 Å². The van der Waals surface area contributed by atoms with E-state index in [0.717, 1.165) is 0 Å². The van der Waals surface area contributed by atoms with E-state index < -0.39 is 15.9 Å². The van der Waals surface area contributed by atoms with Gasteiger partial charge in [-0.15, -0.1) is 0 Å². The van der Waals surface area contributed by atoms with E-state index in [4.69, 9.17) is 12.2 Å². The number of halogens is 1. The molecule has 0 unspecified atom stereocenters. The van der Waals surface area contributed by atoms with Gasteiger partial charge >= 0.3 is 0 Å². The predicted octanol–water partition coefficient (Wildman–Crippen LogP) is 3.04. The first-order valence-corrected chi connectivity index (χ1v) is 10.2. The van der Waals surface area contributed by atoms with Gasteiger partial charge in [-0.1, -0.05) is 12.1 Å². The topological polar surface area (TPSA) is 87.3 Å². The number of hydrogen-bond acceptors (Lipinski definition) is 4. The number of nitrogens with one attached hydrogen (secondary N) is 3.